The van der Waals surface area contributed by atoms with Gasteiger partial charge in [0.15, 0.2) is 0 Å². The number of nitrogens with one attached hydrogen (secondary N) is 1. The molecule has 1 atom stereocenters. The van der Waals surface area contributed by atoms with Crippen LogP contribution in [-0.2, 0) is 11.2 Å². The highest BCUT2D eigenvalue weighted by Crippen LogP contribution is 2.07. The highest BCUT2D eigenvalue weighted by atomic mass is 35.5. The van der Waals surface area contributed by atoms with Gasteiger partial charge in [0.05, 0.1) is 6.04 Å². The predicted molar refractivity (Wildman–Crippen MR) is 73.8 cm³/mol. The van der Waals surface area contributed by atoms with E-state index in [0.29, 0.717) is 12.2 Å². The SMILES string of the molecule is N[C@H](Cc1ccccc1)C(=O)Nc1ccnc(Cl)n1. The highest BCUT2D eigenvalue weighted by Gasteiger charge is 2.14. The molecule has 6 heteroatoms. The lowest BCUT2D eigenvalue weighted by atomic mass is 10.1. The van der Waals surface area contributed by atoms with E-state index < -0.39 is 6.04 Å². The predicted octanol–water partition coefficient (Wildman–Crippen LogP) is 1.64. The number of nitrogens with zero attached hydrogens (tertiary/aromatic N) is 2. The first-order valence-corrected chi connectivity index (χ1v) is 6.12. The molecule has 5 nitrogen and oxygen atoms in total. The number of nitrogens with two attached hydrogens (primary N) is 1. The van der Waals surface area contributed by atoms with Crippen LogP contribution in [0.25, 0.3) is 0 Å². The van der Waals surface area contributed by atoms with Gasteiger partial charge in [-0.15, -0.1) is 0 Å². The van der Waals surface area contributed by atoms with Gasteiger partial charge in [0.1, 0.15) is 5.82 Å². The van der Waals surface area contributed by atoms with Gasteiger partial charge >= 0.3 is 0 Å². The van der Waals surface area contributed by atoms with Crippen molar-refractivity contribution in [3.05, 3.63) is 53.4 Å². The maximum Gasteiger partial charge on any atom is 0.242 e. The van der Waals surface area contributed by atoms with Crippen LogP contribution in [0.15, 0.2) is 42.6 Å². The van der Waals surface area contributed by atoms with Gasteiger partial charge in [0.2, 0.25) is 11.2 Å². The Morgan fingerprint density at radius 3 is 2.74 bits per heavy atom. The van der Waals surface area contributed by atoms with Crippen molar-refractivity contribution in [2.45, 2.75) is 12.5 Å². The van der Waals surface area contributed by atoms with E-state index in [0.717, 1.165) is 5.56 Å². The third kappa shape index (κ3) is 4.01. The smallest absolute Gasteiger partial charge is 0.242 e. The van der Waals surface area contributed by atoms with Crippen LogP contribution >= 0.6 is 11.6 Å². The summed E-state index contributed by atoms with van der Waals surface area (Å²) in [5.41, 5.74) is 6.85. The van der Waals surface area contributed by atoms with Gasteiger partial charge in [-0.05, 0) is 29.7 Å². The molecule has 98 valence electrons. The third-order valence-corrected chi connectivity index (χ3v) is 2.69. The monoisotopic (exact) mass is 276 g/mol. The zero-order valence-electron chi connectivity index (χ0n) is 10.1. The Morgan fingerprint density at radius 1 is 1.32 bits per heavy atom. The van der Waals surface area contributed by atoms with Gasteiger partial charge in [0, 0.05) is 6.20 Å². The molecule has 0 aliphatic rings. The Labute approximate surface area is 115 Å². The molecular formula is C13H13ClN4O. The van der Waals surface area contributed by atoms with Crippen LogP contribution < -0.4 is 11.1 Å². The van der Waals surface area contributed by atoms with E-state index in [4.69, 9.17) is 17.3 Å². The molecule has 19 heavy (non-hydrogen) atoms. The maximum atomic E-state index is 11.9. The summed E-state index contributed by atoms with van der Waals surface area (Å²) >= 11 is 5.63. The van der Waals surface area contributed by atoms with E-state index in [2.05, 4.69) is 15.3 Å². The number of hydrogen-bond donors (Lipinski definition) is 2. The first-order valence-electron chi connectivity index (χ1n) is 5.74. The largest absolute Gasteiger partial charge is 0.320 e. The van der Waals surface area contributed by atoms with E-state index in [1.54, 1.807) is 6.07 Å². The topological polar surface area (TPSA) is 80.9 Å². The number of anilines is 1. The standard InChI is InChI=1S/C13H13ClN4O/c14-13-16-7-6-11(18-13)17-12(19)10(15)8-9-4-2-1-3-5-9/h1-7,10H,8,15H2,(H,16,17,18,19)/t10-/m1/s1. The fourth-order valence-corrected chi connectivity index (χ4v) is 1.73. The molecule has 1 aromatic carbocycles. The molecule has 1 heterocycles. The quantitative estimate of drug-likeness (QED) is 0.832. The van der Waals surface area contributed by atoms with Crippen LogP contribution in [0.5, 0.6) is 0 Å². The Kier molecular flexibility index (Phi) is 4.43. The first kappa shape index (κ1) is 13.5. The van der Waals surface area contributed by atoms with Crippen molar-refractivity contribution in [3.63, 3.8) is 0 Å². The highest BCUT2D eigenvalue weighted by molar-refractivity contribution is 6.28. The lowest BCUT2D eigenvalue weighted by molar-refractivity contribution is -0.117. The molecule has 0 saturated heterocycles. The van der Waals surface area contributed by atoms with Crippen LogP contribution in [0.2, 0.25) is 5.28 Å². The fraction of sp³-hybridized carbons (Fsp3) is 0.154. The molecule has 1 aromatic heterocycles. The van der Waals surface area contributed by atoms with E-state index in [9.17, 15) is 4.79 Å². The molecule has 2 aromatic rings. The number of amides is 1. The number of hydrogen-bond acceptors (Lipinski definition) is 4. The van der Waals surface area contributed by atoms with Crippen molar-refractivity contribution in [2.24, 2.45) is 5.73 Å². The third-order valence-electron chi connectivity index (χ3n) is 2.51. The number of benzene rings is 1. The lowest BCUT2D eigenvalue weighted by Crippen LogP contribution is -2.37. The van der Waals surface area contributed by atoms with Gasteiger partial charge in [-0.25, -0.2) is 9.97 Å². The number of aromatic nitrogens is 2. The first-order chi connectivity index (χ1) is 9.15. The van der Waals surface area contributed by atoms with Crippen LogP contribution in [0.4, 0.5) is 5.82 Å². The molecule has 0 saturated carbocycles. The van der Waals surface area contributed by atoms with Gasteiger partial charge < -0.3 is 11.1 Å². The molecule has 0 bridgehead atoms. The number of rotatable bonds is 4. The van der Waals surface area contributed by atoms with E-state index in [1.807, 2.05) is 30.3 Å². The van der Waals surface area contributed by atoms with Gasteiger partial charge in [-0.3, -0.25) is 4.79 Å². The Bertz CT molecular complexity index is 562. The van der Waals surface area contributed by atoms with E-state index in [-0.39, 0.29) is 11.2 Å². The maximum absolute atomic E-state index is 11.9. The second-order valence-electron chi connectivity index (χ2n) is 4.00. The van der Waals surface area contributed by atoms with E-state index >= 15 is 0 Å². The second-order valence-corrected chi connectivity index (χ2v) is 4.33. The number of carbonyl (C=O) groups excluding carboxylic acids is 1. The average molecular weight is 277 g/mol. The minimum atomic E-state index is -0.642. The minimum absolute atomic E-state index is 0.0782. The Hall–Kier alpha value is -1.98. The van der Waals surface area contributed by atoms with Crippen molar-refractivity contribution < 1.29 is 4.79 Å². The molecule has 3 N–H and O–H groups in total. The van der Waals surface area contributed by atoms with Crippen LogP contribution in [0.1, 0.15) is 5.56 Å². The molecule has 0 radical (unpaired) electrons. The Morgan fingerprint density at radius 2 is 2.05 bits per heavy atom. The van der Waals surface area contributed by atoms with E-state index in [1.165, 1.54) is 6.20 Å². The Balaban J connectivity index is 1.96. The molecule has 0 unspecified atom stereocenters. The van der Waals surface area contributed by atoms with Gasteiger partial charge in [-0.1, -0.05) is 30.3 Å². The summed E-state index contributed by atoms with van der Waals surface area (Å²) in [5, 5.41) is 2.68. The summed E-state index contributed by atoms with van der Waals surface area (Å²) in [6.45, 7) is 0. The number of carbonyl (C=O) groups is 1. The molecule has 0 aliphatic carbocycles. The molecular weight excluding hydrogens is 264 g/mol. The lowest BCUT2D eigenvalue weighted by Gasteiger charge is -2.11. The summed E-state index contributed by atoms with van der Waals surface area (Å²) in [6, 6.07) is 10.5. The molecule has 0 spiro atoms. The average Bonchev–Trinajstić information content (AvgIpc) is 2.40. The number of halogens is 1. The normalized spacial score (nSPS) is 11.9. The minimum Gasteiger partial charge on any atom is -0.320 e. The summed E-state index contributed by atoms with van der Waals surface area (Å²) in [4.78, 5) is 19.5. The van der Waals surface area contributed by atoms with Crippen molar-refractivity contribution in [3.8, 4) is 0 Å². The summed E-state index contributed by atoms with van der Waals surface area (Å²) in [5.74, 6) is 0.0344. The van der Waals surface area contributed by atoms with Crippen LogP contribution in [0, 0.1) is 0 Å². The molecule has 0 aliphatic heterocycles. The van der Waals surface area contributed by atoms with Gasteiger partial charge in [-0.2, -0.15) is 0 Å². The van der Waals surface area contributed by atoms with Crippen molar-refractivity contribution in [1.82, 2.24) is 9.97 Å². The molecule has 2 rings (SSSR count). The second kappa shape index (κ2) is 6.26. The van der Waals surface area contributed by atoms with Crippen molar-refractivity contribution >= 4 is 23.3 Å². The van der Waals surface area contributed by atoms with Crippen LogP contribution in [-0.4, -0.2) is 21.9 Å². The van der Waals surface area contributed by atoms with Crippen molar-refractivity contribution in [1.29, 1.82) is 0 Å². The summed E-state index contributed by atoms with van der Waals surface area (Å²) in [6.07, 6.45) is 1.93. The zero-order valence-corrected chi connectivity index (χ0v) is 10.8. The molecule has 0 fully saturated rings. The fourth-order valence-electron chi connectivity index (χ4n) is 1.58. The van der Waals surface area contributed by atoms with Crippen LogP contribution in [0.3, 0.4) is 0 Å². The zero-order chi connectivity index (χ0) is 13.7. The summed E-state index contributed by atoms with van der Waals surface area (Å²) < 4.78 is 0. The van der Waals surface area contributed by atoms with Crippen molar-refractivity contribution in [2.75, 3.05) is 5.32 Å². The molecule has 1 amide bonds. The van der Waals surface area contributed by atoms with Gasteiger partial charge in [0.25, 0.3) is 0 Å². The summed E-state index contributed by atoms with van der Waals surface area (Å²) in [7, 11) is 0.